The third kappa shape index (κ3) is 5.36. The normalized spacial score (nSPS) is 16.5. The van der Waals surface area contributed by atoms with Gasteiger partial charge in [-0.05, 0) is 67.4 Å². The minimum atomic E-state index is -0.147. The van der Waals surface area contributed by atoms with Crippen LogP contribution in [0.4, 0.5) is 17.1 Å². The molecule has 9 heteroatoms. The summed E-state index contributed by atoms with van der Waals surface area (Å²) in [6.07, 6.45) is 4.42. The molecule has 4 N–H and O–H groups in total. The van der Waals surface area contributed by atoms with Crippen molar-refractivity contribution in [1.29, 1.82) is 0 Å². The van der Waals surface area contributed by atoms with Gasteiger partial charge in [-0.25, -0.2) is 4.68 Å². The van der Waals surface area contributed by atoms with E-state index in [9.17, 15) is 14.7 Å². The van der Waals surface area contributed by atoms with Crippen LogP contribution in [0.2, 0.25) is 0 Å². The monoisotopic (exact) mass is 539 g/mol. The number of quaternary nitrogens is 1. The highest BCUT2D eigenvalue weighted by Gasteiger charge is 2.35. The SMILES string of the molecule is O=C(Nc1ccc2c(cnn2-c2ccc(NC(=O)C3CC3)cc2)c1)c1ccccc1[N+]1(CCCO)CCNCC1. The van der Waals surface area contributed by atoms with Crippen LogP contribution in [-0.2, 0) is 4.79 Å². The van der Waals surface area contributed by atoms with Crippen molar-refractivity contribution >= 4 is 39.8 Å². The summed E-state index contributed by atoms with van der Waals surface area (Å²) in [5.74, 6) is 0.102. The van der Waals surface area contributed by atoms with Gasteiger partial charge in [-0.3, -0.25) is 14.1 Å². The van der Waals surface area contributed by atoms with Crippen molar-refractivity contribution in [3.05, 3.63) is 78.5 Å². The molecule has 0 unspecified atom stereocenters. The number of carbonyl (C=O) groups excluding carboxylic acids is 2. The zero-order valence-electron chi connectivity index (χ0n) is 22.5. The Kier molecular flexibility index (Phi) is 7.34. The van der Waals surface area contributed by atoms with Gasteiger partial charge in [0.2, 0.25) is 5.91 Å². The number of anilines is 2. The van der Waals surface area contributed by atoms with E-state index in [0.29, 0.717) is 22.2 Å². The molecule has 6 rings (SSSR count). The predicted octanol–water partition coefficient (Wildman–Crippen LogP) is 3.92. The first kappa shape index (κ1) is 26.2. The molecule has 206 valence electrons. The number of hydrogen-bond acceptors (Lipinski definition) is 5. The topological polar surface area (TPSA) is 108 Å². The van der Waals surface area contributed by atoms with Gasteiger partial charge in [-0.2, -0.15) is 5.10 Å². The Labute approximate surface area is 233 Å². The Morgan fingerprint density at radius 2 is 1.73 bits per heavy atom. The summed E-state index contributed by atoms with van der Waals surface area (Å²) >= 11 is 0. The number of aliphatic hydroxyl groups excluding tert-OH is 1. The molecule has 1 saturated carbocycles. The van der Waals surface area contributed by atoms with E-state index in [-0.39, 0.29) is 24.3 Å². The quantitative estimate of drug-likeness (QED) is 0.241. The van der Waals surface area contributed by atoms with E-state index in [1.807, 2.05) is 71.4 Å². The zero-order valence-corrected chi connectivity index (χ0v) is 22.5. The molecule has 3 aromatic carbocycles. The van der Waals surface area contributed by atoms with Crippen LogP contribution in [0, 0.1) is 5.92 Å². The Bertz CT molecular complexity index is 1520. The van der Waals surface area contributed by atoms with Crippen LogP contribution in [0.5, 0.6) is 0 Å². The molecule has 1 aliphatic heterocycles. The highest BCUT2D eigenvalue weighted by molar-refractivity contribution is 6.08. The average molecular weight is 540 g/mol. The second-order valence-electron chi connectivity index (χ2n) is 10.8. The van der Waals surface area contributed by atoms with E-state index in [1.165, 1.54) is 0 Å². The van der Waals surface area contributed by atoms with Gasteiger partial charge in [0.05, 0.1) is 37.0 Å². The minimum Gasteiger partial charge on any atom is -0.396 e. The maximum Gasteiger partial charge on any atom is 0.261 e. The van der Waals surface area contributed by atoms with E-state index in [4.69, 9.17) is 0 Å². The lowest BCUT2D eigenvalue weighted by Gasteiger charge is -2.42. The summed E-state index contributed by atoms with van der Waals surface area (Å²) in [5.41, 5.74) is 4.95. The fraction of sp³-hybridized carbons (Fsp3) is 0.323. The van der Waals surface area contributed by atoms with Gasteiger partial charge in [-0.15, -0.1) is 0 Å². The maximum absolute atomic E-state index is 13.6. The lowest BCUT2D eigenvalue weighted by Crippen LogP contribution is -2.61. The van der Waals surface area contributed by atoms with Crippen LogP contribution >= 0.6 is 0 Å². The summed E-state index contributed by atoms with van der Waals surface area (Å²) in [7, 11) is 0. The number of benzene rings is 3. The van der Waals surface area contributed by atoms with Crippen molar-refractivity contribution in [2.24, 2.45) is 5.92 Å². The maximum atomic E-state index is 13.6. The van der Waals surface area contributed by atoms with E-state index in [0.717, 1.165) is 73.5 Å². The van der Waals surface area contributed by atoms with Crippen molar-refractivity contribution in [2.75, 3.05) is 50.0 Å². The number of rotatable bonds is 9. The summed E-state index contributed by atoms with van der Waals surface area (Å²) in [6.45, 7) is 4.43. The Hall–Kier alpha value is -4.05. The first-order valence-corrected chi connectivity index (χ1v) is 14.0. The summed E-state index contributed by atoms with van der Waals surface area (Å²) in [6, 6.07) is 21.3. The number of fused-ring (bicyclic) bond motifs is 1. The van der Waals surface area contributed by atoms with Crippen molar-refractivity contribution in [1.82, 2.24) is 19.6 Å². The highest BCUT2D eigenvalue weighted by Crippen LogP contribution is 2.31. The van der Waals surface area contributed by atoms with Gasteiger partial charge in [-0.1, -0.05) is 12.1 Å². The molecular weight excluding hydrogens is 504 g/mol. The van der Waals surface area contributed by atoms with Crippen molar-refractivity contribution in [3.8, 4) is 5.69 Å². The van der Waals surface area contributed by atoms with E-state index in [1.54, 1.807) is 6.20 Å². The van der Waals surface area contributed by atoms with E-state index >= 15 is 0 Å². The van der Waals surface area contributed by atoms with Gasteiger partial charge in [0.25, 0.3) is 5.91 Å². The summed E-state index contributed by atoms with van der Waals surface area (Å²) in [5, 5.41) is 24.5. The summed E-state index contributed by atoms with van der Waals surface area (Å²) < 4.78 is 2.54. The number of carbonyl (C=O) groups is 2. The average Bonchev–Trinajstić information content (AvgIpc) is 3.77. The second kappa shape index (κ2) is 11.2. The summed E-state index contributed by atoms with van der Waals surface area (Å²) in [4.78, 5) is 25.6. The van der Waals surface area contributed by atoms with Crippen LogP contribution < -0.4 is 20.4 Å². The molecule has 1 aromatic heterocycles. The molecule has 1 saturated heterocycles. The first-order valence-electron chi connectivity index (χ1n) is 14.0. The van der Waals surface area contributed by atoms with E-state index < -0.39 is 0 Å². The van der Waals surface area contributed by atoms with Crippen LogP contribution in [0.15, 0.2) is 72.9 Å². The van der Waals surface area contributed by atoms with Crippen molar-refractivity contribution in [2.45, 2.75) is 19.3 Å². The number of piperazine rings is 1. The first-order chi connectivity index (χ1) is 19.6. The Morgan fingerprint density at radius 1 is 0.975 bits per heavy atom. The number of amides is 2. The van der Waals surface area contributed by atoms with Crippen LogP contribution in [0.25, 0.3) is 16.6 Å². The predicted molar refractivity (Wildman–Crippen MR) is 158 cm³/mol. The largest absolute Gasteiger partial charge is 0.396 e. The number of nitrogens with zero attached hydrogens (tertiary/aromatic N) is 3. The lowest BCUT2D eigenvalue weighted by molar-refractivity contribution is -0.117. The third-order valence-corrected chi connectivity index (χ3v) is 7.99. The standard InChI is InChI=1S/C31H34N6O3/c38-19-3-16-37(17-14-32-15-18-37)29-5-2-1-4-27(29)31(40)35-25-10-13-28-23(20-25)21-33-36(28)26-11-8-24(9-12-26)34-30(39)22-6-7-22/h1-2,4-5,8-13,20-22,32,38H,3,6-7,14-19H2,(H-,34,35,39,40)/p+1. The molecular formula is C31H35N6O3+. The molecule has 2 amide bonds. The van der Waals surface area contributed by atoms with Gasteiger partial charge in [0.1, 0.15) is 11.3 Å². The molecule has 4 aromatic rings. The van der Waals surface area contributed by atoms with Crippen LogP contribution in [0.3, 0.4) is 0 Å². The molecule has 0 bridgehead atoms. The van der Waals surface area contributed by atoms with Gasteiger partial charge in [0.15, 0.2) is 0 Å². The van der Waals surface area contributed by atoms with Gasteiger partial charge < -0.3 is 21.1 Å². The number of nitrogens with one attached hydrogen (secondary N) is 3. The molecule has 9 nitrogen and oxygen atoms in total. The molecule has 0 radical (unpaired) electrons. The smallest absolute Gasteiger partial charge is 0.261 e. The fourth-order valence-electron chi connectivity index (χ4n) is 5.65. The lowest BCUT2D eigenvalue weighted by atomic mass is 10.1. The van der Waals surface area contributed by atoms with Crippen molar-refractivity contribution in [3.63, 3.8) is 0 Å². The molecule has 0 spiro atoms. The van der Waals surface area contributed by atoms with Crippen molar-refractivity contribution < 1.29 is 14.7 Å². The van der Waals surface area contributed by atoms with Crippen LogP contribution in [-0.4, -0.2) is 66.0 Å². The van der Waals surface area contributed by atoms with Gasteiger partial charge >= 0.3 is 0 Å². The van der Waals surface area contributed by atoms with Gasteiger partial charge in [0, 0.05) is 48.8 Å². The third-order valence-electron chi connectivity index (χ3n) is 7.99. The number of aliphatic hydroxyl groups is 1. The molecule has 40 heavy (non-hydrogen) atoms. The molecule has 0 atom stereocenters. The zero-order chi connectivity index (χ0) is 27.5. The minimum absolute atomic E-state index is 0.0875. The molecule has 2 heterocycles. The highest BCUT2D eigenvalue weighted by atomic mass is 16.3. The Morgan fingerprint density at radius 3 is 2.48 bits per heavy atom. The number of hydrogen-bond donors (Lipinski definition) is 4. The van der Waals surface area contributed by atoms with Crippen LogP contribution in [0.1, 0.15) is 29.6 Å². The molecule has 2 fully saturated rings. The Balaban J connectivity index is 1.21. The fourth-order valence-corrected chi connectivity index (χ4v) is 5.65. The van der Waals surface area contributed by atoms with E-state index in [2.05, 4.69) is 21.0 Å². The second-order valence-corrected chi connectivity index (χ2v) is 10.8. The molecule has 2 aliphatic rings. The molecule has 1 aliphatic carbocycles. The number of para-hydroxylation sites is 1. The number of aromatic nitrogens is 2.